The molecule has 126 valence electrons. The van der Waals surface area contributed by atoms with Crippen LogP contribution < -0.4 is 5.32 Å². The predicted molar refractivity (Wildman–Crippen MR) is 82.4 cm³/mol. The summed E-state index contributed by atoms with van der Waals surface area (Å²) in [6.07, 6.45) is 9.21. The van der Waals surface area contributed by atoms with Gasteiger partial charge in [0.25, 0.3) is 0 Å². The van der Waals surface area contributed by atoms with Crippen molar-refractivity contribution in [2.45, 2.75) is 64.0 Å². The summed E-state index contributed by atoms with van der Waals surface area (Å²) in [7, 11) is 0. The molecule has 4 aliphatic carbocycles. The molecule has 4 saturated carbocycles. The first-order valence-electron chi connectivity index (χ1n) is 8.79. The molecule has 4 aliphatic rings. The van der Waals surface area contributed by atoms with E-state index in [1.54, 1.807) is 6.33 Å². The van der Waals surface area contributed by atoms with Crippen LogP contribution in [0, 0.1) is 17.3 Å². The van der Waals surface area contributed by atoms with Crippen LogP contribution in [0.3, 0.4) is 0 Å². The van der Waals surface area contributed by atoms with Crippen molar-refractivity contribution in [3.8, 4) is 0 Å². The Morgan fingerprint density at radius 2 is 2.35 bits per heavy atom. The van der Waals surface area contributed by atoms with Crippen LogP contribution in [-0.2, 0) is 11.3 Å². The number of nitrogens with one attached hydrogen (secondary N) is 1. The quantitative estimate of drug-likeness (QED) is 0.812. The number of aromatic nitrogens is 4. The van der Waals surface area contributed by atoms with E-state index in [0.717, 1.165) is 38.1 Å². The second-order valence-electron chi connectivity index (χ2n) is 7.87. The van der Waals surface area contributed by atoms with E-state index in [-0.39, 0.29) is 17.0 Å². The van der Waals surface area contributed by atoms with Gasteiger partial charge in [0.2, 0.25) is 0 Å². The van der Waals surface area contributed by atoms with Crippen molar-refractivity contribution in [1.29, 1.82) is 0 Å². The molecule has 4 bridgehead atoms. The van der Waals surface area contributed by atoms with Gasteiger partial charge in [-0.05, 0) is 66.2 Å². The molecule has 0 radical (unpaired) electrons. The van der Waals surface area contributed by atoms with Gasteiger partial charge in [0, 0.05) is 5.54 Å². The number of nitrogens with zero attached hydrogens (tertiary/aromatic N) is 4. The second-order valence-corrected chi connectivity index (χ2v) is 7.87. The number of tetrazole rings is 1. The number of carbonyl (C=O) groups is 1. The summed E-state index contributed by atoms with van der Waals surface area (Å²) in [5.74, 6) is 1.30. The summed E-state index contributed by atoms with van der Waals surface area (Å²) in [6, 6.07) is 0. The lowest BCUT2D eigenvalue weighted by Gasteiger charge is -2.40. The van der Waals surface area contributed by atoms with E-state index in [1.165, 1.54) is 19.3 Å². The highest BCUT2D eigenvalue weighted by molar-refractivity contribution is 5.68. The minimum atomic E-state index is -0.232. The molecule has 1 amide bonds. The molecule has 5 rings (SSSR count). The fourth-order valence-corrected chi connectivity index (χ4v) is 5.60. The average molecular weight is 319 g/mol. The van der Waals surface area contributed by atoms with Crippen molar-refractivity contribution in [3.05, 3.63) is 6.33 Å². The van der Waals surface area contributed by atoms with Crippen molar-refractivity contribution in [1.82, 2.24) is 25.5 Å². The zero-order valence-corrected chi connectivity index (χ0v) is 13.7. The Labute approximate surface area is 136 Å². The molecule has 1 aromatic rings. The van der Waals surface area contributed by atoms with Crippen molar-refractivity contribution >= 4 is 6.09 Å². The van der Waals surface area contributed by atoms with E-state index in [4.69, 9.17) is 4.74 Å². The molecule has 23 heavy (non-hydrogen) atoms. The van der Waals surface area contributed by atoms with Crippen LogP contribution in [0.2, 0.25) is 0 Å². The van der Waals surface area contributed by atoms with Crippen molar-refractivity contribution in [3.63, 3.8) is 0 Å². The maximum Gasteiger partial charge on any atom is 0.407 e. The van der Waals surface area contributed by atoms with Gasteiger partial charge in [-0.1, -0.05) is 13.3 Å². The SMILES string of the molecule is CCCCOC(=O)NC12CC3CC1CC(Cn1cnnn1)(C3)C2. The Balaban J connectivity index is 1.45. The number of alkyl carbamates (subject to hydrolysis) is 1. The number of rotatable bonds is 6. The van der Waals surface area contributed by atoms with E-state index in [9.17, 15) is 4.79 Å². The van der Waals surface area contributed by atoms with E-state index in [2.05, 4.69) is 27.8 Å². The number of hydrogen-bond donors (Lipinski definition) is 1. The molecule has 7 nitrogen and oxygen atoms in total. The lowest BCUT2D eigenvalue weighted by molar-refractivity contribution is 0.0940. The molecule has 4 atom stereocenters. The molecule has 0 spiro atoms. The van der Waals surface area contributed by atoms with Gasteiger partial charge in [-0.15, -0.1) is 5.10 Å². The summed E-state index contributed by atoms with van der Waals surface area (Å²) in [6.45, 7) is 3.48. The first-order valence-corrected chi connectivity index (χ1v) is 8.79. The summed E-state index contributed by atoms with van der Waals surface area (Å²) < 4.78 is 7.20. The Kier molecular flexibility index (Phi) is 3.54. The van der Waals surface area contributed by atoms with Crippen LogP contribution in [0.1, 0.15) is 51.9 Å². The third kappa shape index (κ3) is 2.60. The third-order valence-corrected chi connectivity index (χ3v) is 6.11. The normalized spacial score (nSPS) is 37.3. The molecular formula is C16H25N5O2. The summed E-state index contributed by atoms with van der Waals surface area (Å²) in [4.78, 5) is 12.2. The fraction of sp³-hybridized carbons (Fsp3) is 0.875. The van der Waals surface area contributed by atoms with Crippen LogP contribution in [-0.4, -0.2) is 38.4 Å². The maximum atomic E-state index is 12.2. The van der Waals surface area contributed by atoms with E-state index >= 15 is 0 Å². The molecule has 1 N–H and O–H groups in total. The zero-order valence-electron chi connectivity index (χ0n) is 13.7. The molecule has 0 aromatic carbocycles. The van der Waals surface area contributed by atoms with E-state index in [1.807, 2.05) is 4.68 Å². The van der Waals surface area contributed by atoms with Gasteiger partial charge in [0.05, 0.1) is 13.2 Å². The minimum absolute atomic E-state index is 0.0553. The zero-order chi connectivity index (χ0) is 15.9. The van der Waals surface area contributed by atoms with E-state index < -0.39 is 0 Å². The summed E-state index contributed by atoms with van der Waals surface area (Å²) in [5, 5.41) is 14.8. The van der Waals surface area contributed by atoms with Gasteiger partial charge < -0.3 is 10.1 Å². The van der Waals surface area contributed by atoms with Crippen LogP contribution in [0.4, 0.5) is 4.79 Å². The maximum absolute atomic E-state index is 12.2. The topological polar surface area (TPSA) is 81.9 Å². The van der Waals surface area contributed by atoms with Gasteiger partial charge in [-0.3, -0.25) is 0 Å². The molecule has 4 unspecified atom stereocenters. The minimum Gasteiger partial charge on any atom is -0.450 e. The number of amides is 1. The molecule has 1 heterocycles. The number of ether oxygens (including phenoxy) is 1. The lowest BCUT2D eigenvalue weighted by atomic mass is 9.68. The molecule has 0 saturated heterocycles. The smallest absolute Gasteiger partial charge is 0.407 e. The molecule has 1 aromatic heterocycles. The van der Waals surface area contributed by atoms with Gasteiger partial charge >= 0.3 is 6.09 Å². The Hall–Kier alpha value is -1.66. The largest absolute Gasteiger partial charge is 0.450 e. The summed E-state index contributed by atoms with van der Waals surface area (Å²) in [5.41, 5.74) is 0.179. The Morgan fingerprint density at radius 1 is 1.43 bits per heavy atom. The van der Waals surface area contributed by atoms with Gasteiger partial charge in [-0.25, -0.2) is 9.48 Å². The number of carbonyl (C=O) groups excluding carboxylic acids is 1. The van der Waals surface area contributed by atoms with Crippen LogP contribution in [0.5, 0.6) is 0 Å². The van der Waals surface area contributed by atoms with Crippen molar-refractivity contribution in [2.75, 3.05) is 6.61 Å². The molecular weight excluding hydrogens is 294 g/mol. The highest BCUT2D eigenvalue weighted by Crippen LogP contribution is 2.66. The van der Waals surface area contributed by atoms with Gasteiger partial charge in [0.1, 0.15) is 6.33 Å². The van der Waals surface area contributed by atoms with Gasteiger partial charge in [0.15, 0.2) is 0 Å². The summed E-state index contributed by atoms with van der Waals surface area (Å²) >= 11 is 0. The van der Waals surface area contributed by atoms with Crippen molar-refractivity contribution in [2.24, 2.45) is 17.3 Å². The molecule has 4 fully saturated rings. The van der Waals surface area contributed by atoms with E-state index in [0.29, 0.717) is 12.5 Å². The molecule has 7 heteroatoms. The number of unbranched alkanes of at least 4 members (excludes halogenated alkanes) is 1. The molecule has 0 aliphatic heterocycles. The fourth-order valence-electron chi connectivity index (χ4n) is 5.60. The Bertz CT molecular complexity index is 577. The highest BCUT2D eigenvalue weighted by Gasteiger charge is 2.64. The third-order valence-electron chi connectivity index (χ3n) is 6.11. The monoisotopic (exact) mass is 319 g/mol. The lowest BCUT2D eigenvalue weighted by Crippen LogP contribution is -2.51. The van der Waals surface area contributed by atoms with Crippen LogP contribution >= 0.6 is 0 Å². The highest BCUT2D eigenvalue weighted by atomic mass is 16.5. The van der Waals surface area contributed by atoms with Gasteiger partial charge in [-0.2, -0.15) is 0 Å². The average Bonchev–Trinajstić information content (AvgIpc) is 3.11. The number of hydrogen-bond acceptors (Lipinski definition) is 5. The second kappa shape index (κ2) is 5.46. The Morgan fingerprint density at radius 3 is 3.13 bits per heavy atom. The predicted octanol–water partition coefficient (Wildman–Crippen LogP) is 2.15. The van der Waals surface area contributed by atoms with Crippen molar-refractivity contribution < 1.29 is 9.53 Å². The standard InChI is InChI=1S/C16H25N5O2/c1-2-3-4-23-14(22)18-16-7-12-5-13(16)8-15(6-12,9-16)10-21-11-17-19-20-21/h11-13H,2-10H2,1H3,(H,18,22). The first kappa shape index (κ1) is 14.9. The van der Waals surface area contributed by atoms with Crippen LogP contribution in [0.15, 0.2) is 6.33 Å². The first-order chi connectivity index (χ1) is 11.1. The van der Waals surface area contributed by atoms with Crippen LogP contribution in [0.25, 0.3) is 0 Å².